The average molecular weight is 356 g/mol. The van der Waals surface area contributed by atoms with Gasteiger partial charge in [0, 0.05) is 17.7 Å². The first-order valence-corrected chi connectivity index (χ1v) is 7.70. The number of allylic oxidation sites excluding steroid dienone is 2. The maximum Gasteiger partial charge on any atom is 0.182 e. The van der Waals surface area contributed by atoms with Crippen LogP contribution in [0.15, 0.2) is 48.6 Å². The predicted molar refractivity (Wildman–Crippen MR) is 98.9 cm³/mol. The van der Waals surface area contributed by atoms with Gasteiger partial charge in [-0.05, 0) is 42.0 Å². The Balaban J connectivity index is 2.19. The second-order valence-electron chi connectivity index (χ2n) is 5.30. The van der Waals surface area contributed by atoms with Crippen LogP contribution < -0.4 is 14.2 Å². The fraction of sp³-hybridized carbons (Fsp3) is 0.150. The Morgan fingerprint density at radius 1 is 0.962 bits per heavy atom. The van der Waals surface area contributed by atoms with Gasteiger partial charge in [-0.2, -0.15) is 0 Å². The highest BCUT2D eigenvalue weighted by Gasteiger charge is 2.07. The van der Waals surface area contributed by atoms with E-state index in [9.17, 15) is 15.0 Å². The molecule has 2 rings (SSSR count). The Morgan fingerprint density at radius 3 is 2.19 bits per heavy atom. The van der Waals surface area contributed by atoms with Crippen molar-refractivity contribution in [1.29, 1.82) is 0 Å². The van der Waals surface area contributed by atoms with Crippen LogP contribution in [-0.4, -0.2) is 37.3 Å². The molecule has 0 aliphatic heterocycles. The zero-order valence-electron chi connectivity index (χ0n) is 14.7. The van der Waals surface area contributed by atoms with Gasteiger partial charge in [-0.25, -0.2) is 0 Å². The molecule has 0 unspecified atom stereocenters. The third-order valence-electron chi connectivity index (χ3n) is 3.57. The summed E-state index contributed by atoms with van der Waals surface area (Å²) < 4.78 is 15.3. The maximum absolute atomic E-state index is 12.1. The highest BCUT2D eigenvalue weighted by molar-refractivity contribution is 6.05. The van der Waals surface area contributed by atoms with E-state index in [0.29, 0.717) is 22.6 Å². The van der Waals surface area contributed by atoms with Gasteiger partial charge in [0.2, 0.25) is 0 Å². The summed E-state index contributed by atoms with van der Waals surface area (Å²) in [5, 5.41) is 19.7. The van der Waals surface area contributed by atoms with Crippen LogP contribution in [0.4, 0.5) is 0 Å². The molecule has 0 spiro atoms. The molecule has 0 heterocycles. The van der Waals surface area contributed by atoms with Crippen LogP contribution in [0, 0.1) is 0 Å². The van der Waals surface area contributed by atoms with Gasteiger partial charge in [-0.1, -0.05) is 6.08 Å². The molecular formula is C20H20O6. The highest BCUT2D eigenvalue weighted by Crippen LogP contribution is 2.28. The number of carbonyl (C=O) groups excluding carboxylic acids is 1. The van der Waals surface area contributed by atoms with Crippen molar-refractivity contribution < 1.29 is 29.2 Å². The molecule has 26 heavy (non-hydrogen) atoms. The molecule has 0 bridgehead atoms. The molecule has 0 atom stereocenters. The molecule has 6 heteroatoms. The van der Waals surface area contributed by atoms with E-state index in [2.05, 4.69) is 0 Å². The third kappa shape index (κ3) is 4.80. The van der Waals surface area contributed by atoms with Crippen molar-refractivity contribution in [1.82, 2.24) is 0 Å². The van der Waals surface area contributed by atoms with Crippen molar-refractivity contribution in [3.05, 3.63) is 59.7 Å². The minimum Gasteiger partial charge on any atom is -0.507 e. The monoisotopic (exact) mass is 356 g/mol. The Morgan fingerprint density at radius 2 is 1.62 bits per heavy atom. The molecule has 2 N–H and O–H groups in total. The summed E-state index contributed by atoms with van der Waals surface area (Å²) in [6.45, 7) is 0. The Labute approximate surface area is 151 Å². The molecule has 0 amide bonds. The number of phenols is 1. The number of benzene rings is 2. The SMILES string of the molecule is COc1cc(/C=C/C(=O)C=C(O)c2ccc(O)c(OC)c2)cc(OC)c1. The van der Waals surface area contributed by atoms with Gasteiger partial charge < -0.3 is 24.4 Å². The molecule has 0 saturated heterocycles. The lowest BCUT2D eigenvalue weighted by atomic mass is 10.1. The van der Waals surface area contributed by atoms with Crippen molar-refractivity contribution in [2.24, 2.45) is 0 Å². The van der Waals surface area contributed by atoms with Gasteiger partial charge in [0.05, 0.1) is 21.3 Å². The van der Waals surface area contributed by atoms with E-state index in [1.807, 2.05) is 0 Å². The number of aliphatic hydroxyl groups is 1. The first-order chi connectivity index (χ1) is 12.5. The molecule has 0 radical (unpaired) electrons. The first-order valence-electron chi connectivity index (χ1n) is 7.70. The van der Waals surface area contributed by atoms with Gasteiger partial charge in [0.25, 0.3) is 0 Å². The Kier molecular flexibility index (Phi) is 6.27. The van der Waals surface area contributed by atoms with Crippen LogP contribution in [0.1, 0.15) is 11.1 Å². The summed E-state index contributed by atoms with van der Waals surface area (Å²) in [5.74, 6) is 0.714. The topological polar surface area (TPSA) is 85.2 Å². The fourth-order valence-electron chi connectivity index (χ4n) is 2.21. The lowest BCUT2D eigenvalue weighted by Crippen LogP contribution is -1.92. The first kappa shape index (κ1) is 18.9. The fourth-order valence-corrected chi connectivity index (χ4v) is 2.21. The molecule has 2 aromatic carbocycles. The second kappa shape index (κ2) is 8.62. The number of ketones is 1. The van der Waals surface area contributed by atoms with E-state index in [0.717, 1.165) is 6.08 Å². The molecule has 136 valence electrons. The standard InChI is InChI=1S/C20H20O6/c1-24-16-8-13(9-17(12-16)25-2)4-6-15(21)11-19(23)14-5-7-18(22)20(10-14)26-3/h4-12,22-23H,1-3H3/b6-4+,19-11?. The van der Waals surface area contributed by atoms with Gasteiger partial charge >= 0.3 is 0 Å². The number of hydrogen-bond acceptors (Lipinski definition) is 6. The number of hydrogen-bond donors (Lipinski definition) is 2. The number of rotatable bonds is 7. The predicted octanol–water partition coefficient (Wildman–Crippen LogP) is 3.60. The van der Waals surface area contributed by atoms with Crippen LogP contribution in [0.2, 0.25) is 0 Å². The van der Waals surface area contributed by atoms with Gasteiger partial charge in [-0.3, -0.25) is 4.79 Å². The quantitative estimate of drug-likeness (QED) is 0.582. The molecule has 6 nitrogen and oxygen atoms in total. The van der Waals surface area contributed by atoms with Crippen LogP contribution in [-0.2, 0) is 4.79 Å². The van der Waals surface area contributed by atoms with Gasteiger partial charge in [0.15, 0.2) is 17.3 Å². The Bertz CT molecular complexity index is 829. The molecule has 2 aromatic rings. The number of methoxy groups -OCH3 is 3. The van der Waals surface area contributed by atoms with E-state index in [1.165, 1.54) is 31.4 Å². The number of phenolic OH excluding ortho intramolecular Hbond substituents is 1. The third-order valence-corrected chi connectivity index (χ3v) is 3.57. The van der Waals surface area contributed by atoms with Crippen molar-refractivity contribution in [3.63, 3.8) is 0 Å². The number of aliphatic hydroxyl groups excluding tert-OH is 1. The summed E-state index contributed by atoms with van der Waals surface area (Å²) in [7, 11) is 4.48. The molecule has 0 aliphatic carbocycles. The van der Waals surface area contributed by atoms with Gasteiger partial charge in [0.1, 0.15) is 17.3 Å². The van der Waals surface area contributed by atoms with E-state index in [-0.39, 0.29) is 17.3 Å². The summed E-state index contributed by atoms with van der Waals surface area (Å²) in [5.41, 5.74) is 1.07. The largest absolute Gasteiger partial charge is 0.507 e. The highest BCUT2D eigenvalue weighted by atomic mass is 16.5. The molecule has 0 fully saturated rings. The zero-order chi connectivity index (χ0) is 19.1. The minimum absolute atomic E-state index is 0.0535. The average Bonchev–Trinajstić information content (AvgIpc) is 2.66. The lowest BCUT2D eigenvalue weighted by Gasteiger charge is -2.06. The van der Waals surface area contributed by atoms with E-state index >= 15 is 0 Å². The van der Waals surface area contributed by atoms with Gasteiger partial charge in [-0.15, -0.1) is 0 Å². The van der Waals surface area contributed by atoms with E-state index in [4.69, 9.17) is 14.2 Å². The Hall–Kier alpha value is -3.41. The normalized spacial score (nSPS) is 11.4. The summed E-state index contributed by atoms with van der Waals surface area (Å²) in [6.07, 6.45) is 4.00. The van der Waals surface area contributed by atoms with Crippen molar-refractivity contribution in [2.45, 2.75) is 0 Å². The van der Waals surface area contributed by atoms with Crippen molar-refractivity contribution in [2.75, 3.05) is 21.3 Å². The van der Waals surface area contributed by atoms with Crippen LogP contribution >= 0.6 is 0 Å². The summed E-state index contributed by atoms with van der Waals surface area (Å²) >= 11 is 0. The lowest BCUT2D eigenvalue weighted by molar-refractivity contribution is -0.110. The second-order valence-corrected chi connectivity index (χ2v) is 5.30. The number of ether oxygens (including phenoxy) is 3. The molecule has 0 saturated carbocycles. The van der Waals surface area contributed by atoms with Crippen molar-refractivity contribution >= 4 is 17.6 Å². The molecule has 0 aliphatic rings. The summed E-state index contributed by atoms with van der Waals surface area (Å²) in [4.78, 5) is 12.1. The molecular weight excluding hydrogens is 336 g/mol. The number of carbonyl (C=O) groups is 1. The minimum atomic E-state index is -0.406. The molecule has 0 aromatic heterocycles. The number of aromatic hydroxyl groups is 1. The van der Waals surface area contributed by atoms with Crippen molar-refractivity contribution in [3.8, 4) is 23.0 Å². The van der Waals surface area contributed by atoms with Crippen LogP contribution in [0.3, 0.4) is 0 Å². The van der Waals surface area contributed by atoms with Crippen LogP contribution in [0.5, 0.6) is 23.0 Å². The maximum atomic E-state index is 12.1. The zero-order valence-corrected chi connectivity index (χ0v) is 14.7. The van der Waals surface area contributed by atoms with E-state index < -0.39 is 5.78 Å². The van der Waals surface area contributed by atoms with E-state index in [1.54, 1.807) is 38.5 Å². The summed E-state index contributed by atoms with van der Waals surface area (Å²) in [6, 6.07) is 9.52. The van der Waals surface area contributed by atoms with Crippen LogP contribution in [0.25, 0.3) is 11.8 Å². The smallest absolute Gasteiger partial charge is 0.182 e.